The van der Waals surface area contributed by atoms with E-state index in [1.54, 1.807) is 20.4 Å². The van der Waals surface area contributed by atoms with Crippen molar-refractivity contribution in [3.63, 3.8) is 0 Å². The number of methoxy groups -OCH3 is 2. The molecule has 1 aromatic heterocycles. The van der Waals surface area contributed by atoms with E-state index in [1.807, 2.05) is 48.7 Å². The lowest BCUT2D eigenvalue weighted by Crippen LogP contribution is -1.96. The molecule has 4 nitrogen and oxygen atoms in total. The number of nitrogens with one attached hydrogen (secondary N) is 1. The van der Waals surface area contributed by atoms with Gasteiger partial charge in [0.05, 0.1) is 19.9 Å². The standard InChI is InChI=1S/C17H16N2O2/c1-20-14-6-4-13(5-7-14)19-17-15-9-10-18-11-12(15)3-8-16(17)21-2/h3-11,19H,1-2H3. The Balaban J connectivity index is 2.05. The zero-order chi connectivity index (χ0) is 14.7. The lowest BCUT2D eigenvalue weighted by Gasteiger charge is -2.14. The molecule has 0 aliphatic carbocycles. The van der Waals surface area contributed by atoms with Crippen LogP contribution in [0.2, 0.25) is 0 Å². The molecule has 21 heavy (non-hydrogen) atoms. The predicted octanol–water partition coefficient (Wildman–Crippen LogP) is 4.00. The van der Waals surface area contributed by atoms with Crippen LogP contribution < -0.4 is 14.8 Å². The average Bonchev–Trinajstić information content (AvgIpc) is 2.56. The van der Waals surface area contributed by atoms with Crippen molar-refractivity contribution >= 4 is 22.1 Å². The summed E-state index contributed by atoms with van der Waals surface area (Å²) in [6.45, 7) is 0. The van der Waals surface area contributed by atoms with Gasteiger partial charge in [-0.3, -0.25) is 4.98 Å². The molecule has 4 heteroatoms. The van der Waals surface area contributed by atoms with Gasteiger partial charge in [-0.25, -0.2) is 0 Å². The number of anilines is 2. The number of rotatable bonds is 4. The van der Waals surface area contributed by atoms with E-state index in [9.17, 15) is 0 Å². The van der Waals surface area contributed by atoms with Gasteiger partial charge >= 0.3 is 0 Å². The third-order valence-electron chi connectivity index (χ3n) is 3.36. The summed E-state index contributed by atoms with van der Waals surface area (Å²) in [6.07, 6.45) is 3.62. The minimum absolute atomic E-state index is 0.796. The minimum atomic E-state index is 0.796. The Hall–Kier alpha value is -2.75. The van der Waals surface area contributed by atoms with Crippen LogP contribution >= 0.6 is 0 Å². The van der Waals surface area contributed by atoms with Crippen LogP contribution in [0.25, 0.3) is 10.8 Å². The Bertz CT molecular complexity index is 754. The normalized spacial score (nSPS) is 10.4. The van der Waals surface area contributed by atoms with Crippen molar-refractivity contribution < 1.29 is 9.47 Å². The Morgan fingerprint density at radius 3 is 2.43 bits per heavy atom. The van der Waals surface area contributed by atoms with Gasteiger partial charge < -0.3 is 14.8 Å². The third-order valence-corrected chi connectivity index (χ3v) is 3.36. The van der Waals surface area contributed by atoms with E-state index in [-0.39, 0.29) is 0 Å². The molecule has 0 amide bonds. The second kappa shape index (κ2) is 5.71. The van der Waals surface area contributed by atoms with E-state index in [0.717, 1.165) is 33.6 Å². The fraction of sp³-hybridized carbons (Fsp3) is 0.118. The van der Waals surface area contributed by atoms with Crippen LogP contribution in [0.1, 0.15) is 0 Å². The average molecular weight is 280 g/mol. The molecule has 2 aromatic carbocycles. The molecule has 3 rings (SSSR count). The SMILES string of the molecule is COc1ccc(Nc2c(OC)ccc3cnccc23)cc1. The topological polar surface area (TPSA) is 43.4 Å². The maximum Gasteiger partial charge on any atom is 0.142 e. The predicted molar refractivity (Wildman–Crippen MR) is 84.6 cm³/mol. The van der Waals surface area contributed by atoms with Crippen LogP contribution in [0.5, 0.6) is 11.5 Å². The number of benzene rings is 2. The van der Waals surface area contributed by atoms with Gasteiger partial charge in [0.1, 0.15) is 11.5 Å². The highest BCUT2D eigenvalue weighted by Gasteiger charge is 2.08. The van der Waals surface area contributed by atoms with Gasteiger partial charge in [0.25, 0.3) is 0 Å². The first-order chi connectivity index (χ1) is 10.3. The second-order valence-corrected chi connectivity index (χ2v) is 4.59. The molecule has 106 valence electrons. The minimum Gasteiger partial charge on any atom is -0.497 e. The van der Waals surface area contributed by atoms with E-state index in [4.69, 9.17) is 9.47 Å². The number of hydrogen-bond donors (Lipinski definition) is 1. The fourth-order valence-corrected chi connectivity index (χ4v) is 2.27. The van der Waals surface area contributed by atoms with Crippen LogP contribution in [0.3, 0.4) is 0 Å². The van der Waals surface area contributed by atoms with Crippen molar-refractivity contribution in [3.05, 3.63) is 54.9 Å². The summed E-state index contributed by atoms with van der Waals surface area (Å²) >= 11 is 0. The van der Waals surface area contributed by atoms with Crippen LogP contribution in [0.15, 0.2) is 54.9 Å². The molecule has 1 N–H and O–H groups in total. The first kappa shape index (κ1) is 13.2. The zero-order valence-electron chi connectivity index (χ0n) is 12.0. The quantitative estimate of drug-likeness (QED) is 0.784. The van der Waals surface area contributed by atoms with Crippen molar-refractivity contribution in [1.29, 1.82) is 0 Å². The maximum atomic E-state index is 5.46. The second-order valence-electron chi connectivity index (χ2n) is 4.59. The summed E-state index contributed by atoms with van der Waals surface area (Å²) in [5.41, 5.74) is 1.90. The van der Waals surface area contributed by atoms with Crippen molar-refractivity contribution in [2.45, 2.75) is 0 Å². The smallest absolute Gasteiger partial charge is 0.142 e. The third kappa shape index (κ3) is 2.60. The number of aromatic nitrogens is 1. The monoisotopic (exact) mass is 280 g/mol. The van der Waals surface area contributed by atoms with Gasteiger partial charge in [0.2, 0.25) is 0 Å². The van der Waals surface area contributed by atoms with Crippen molar-refractivity contribution in [2.24, 2.45) is 0 Å². The van der Waals surface area contributed by atoms with E-state index in [1.165, 1.54) is 0 Å². The lowest BCUT2D eigenvalue weighted by molar-refractivity contribution is 0.415. The number of ether oxygens (including phenoxy) is 2. The molecule has 0 aliphatic heterocycles. The Morgan fingerprint density at radius 2 is 1.71 bits per heavy atom. The van der Waals surface area contributed by atoms with E-state index >= 15 is 0 Å². The largest absolute Gasteiger partial charge is 0.497 e. The number of nitrogens with zero attached hydrogens (tertiary/aromatic N) is 1. The van der Waals surface area contributed by atoms with Gasteiger partial charge in [-0.2, -0.15) is 0 Å². The molecule has 0 saturated heterocycles. The number of fused-ring (bicyclic) bond motifs is 1. The summed E-state index contributed by atoms with van der Waals surface area (Å²) in [4.78, 5) is 4.15. The highest BCUT2D eigenvalue weighted by Crippen LogP contribution is 2.35. The summed E-state index contributed by atoms with van der Waals surface area (Å²) in [5, 5.41) is 5.54. The molecule has 0 bridgehead atoms. The fourth-order valence-electron chi connectivity index (χ4n) is 2.27. The molecule has 0 spiro atoms. The zero-order valence-corrected chi connectivity index (χ0v) is 12.0. The lowest BCUT2D eigenvalue weighted by atomic mass is 10.1. The highest BCUT2D eigenvalue weighted by molar-refractivity contribution is 5.98. The Morgan fingerprint density at radius 1 is 0.905 bits per heavy atom. The molecule has 0 fully saturated rings. The van der Waals surface area contributed by atoms with Crippen LogP contribution in [-0.2, 0) is 0 Å². The van der Waals surface area contributed by atoms with Crippen LogP contribution in [0, 0.1) is 0 Å². The molecular weight excluding hydrogens is 264 g/mol. The van der Waals surface area contributed by atoms with Crippen molar-refractivity contribution in [3.8, 4) is 11.5 Å². The van der Waals surface area contributed by atoms with E-state index in [0.29, 0.717) is 0 Å². The number of pyridine rings is 1. The van der Waals surface area contributed by atoms with Crippen LogP contribution in [0.4, 0.5) is 11.4 Å². The van der Waals surface area contributed by atoms with Gasteiger partial charge in [-0.1, -0.05) is 0 Å². The highest BCUT2D eigenvalue weighted by atomic mass is 16.5. The molecule has 0 saturated carbocycles. The van der Waals surface area contributed by atoms with Gasteiger partial charge in [0.15, 0.2) is 0 Å². The Kier molecular flexibility index (Phi) is 3.60. The molecule has 0 radical (unpaired) electrons. The summed E-state index contributed by atoms with van der Waals surface area (Å²) < 4.78 is 10.6. The summed E-state index contributed by atoms with van der Waals surface area (Å²) in [7, 11) is 3.32. The van der Waals surface area contributed by atoms with Crippen molar-refractivity contribution in [1.82, 2.24) is 4.98 Å². The molecule has 0 unspecified atom stereocenters. The first-order valence-electron chi connectivity index (χ1n) is 6.63. The molecule has 3 aromatic rings. The first-order valence-corrected chi connectivity index (χ1v) is 6.63. The van der Waals surface area contributed by atoms with Crippen molar-refractivity contribution in [2.75, 3.05) is 19.5 Å². The summed E-state index contributed by atoms with van der Waals surface area (Å²) in [6, 6.07) is 13.7. The number of hydrogen-bond acceptors (Lipinski definition) is 4. The molecule has 1 heterocycles. The van der Waals surface area contributed by atoms with Gasteiger partial charge in [-0.05, 0) is 42.5 Å². The molecular formula is C17H16N2O2. The maximum absolute atomic E-state index is 5.46. The van der Waals surface area contributed by atoms with E-state index < -0.39 is 0 Å². The molecule has 0 atom stereocenters. The Labute approximate surface area is 123 Å². The van der Waals surface area contributed by atoms with Crippen LogP contribution in [-0.4, -0.2) is 19.2 Å². The van der Waals surface area contributed by atoms with E-state index in [2.05, 4.69) is 10.3 Å². The summed E-state index contributed by atoms with van der Waals surface area (Å²) in [5.74, 6) is 1.62. The van der Waals surface area contributed by atoms with Gasteiger partial charge in [0, 0.05) is 28.9 Å². The van der Waals surface area contributed by atoms with Gasteiger partial charge in [-0.15, -0.1) is 0 Å². The molecule has 0 aliphatic rings.